The van der Waals surface area contributed by atoms with E-state index < -0.39 is 6.10 Å². The molecule has 348 valence electrons. The number of esters is 3. The summed E-state index contributed by atoms with van der Waals surface area (Å²) < 4.78 is 16.8. The minimum Gasteiger partial charge on any atom is -0.462 e. The van der Waals surface area contributed by atoms with Crippen LogP contribution in [0.2, 0.25) is 0 Å². The standard InChI is InChI=1S/C53H100O6/c1-4-7-10-13-16-19-21-23-25-26-28-29-31-34-37-40-43-46-52(55)58-49-50(48-57-51(54)45-42-39-36-33-18-15-12-9-6-3)59-53(56)47-44-41-38-35-32-30-27-24-22-20-17-14-11-8-5-2/h24,27,50H,4-23,25-26,28-49H2,1-3H3/b27-24-/t50-/m1/s1. The first kappa shape index (κ1) is 57.1. The van der Waals surface area contributed by atoms with Crippen molar-refractivity contribution < 1.29 is 28.6 Å². The number of rotatable bonds is 48. The Hall–Kier alpha value is -1.85. The molecule has 0 aliphatic rings. The molecule has 1 atom stereocenters. The van der Waals surface area contributed by atoms with Gasteiger partial charge in [-0.1, -0.05) is 238 Å². The lowest BCUT2D eigenvalue weighted by molar-refractivity contribution is -0.167. The van der Waals surface area contributed by atoms with Gasteiger partial charge in [0.05, 0.1) is 0 Å². The topological polar surface area (TPSA) is 78.9 Å². The van der Waals surface area contributed by atoms with Crippen molar-refractivity contribution in [1.29, 1.82) is 0 Å². The van der Waals surface area contributed by atoms with Gasteiger partial charge >= 0.3 is 17.9 Å². The van der Waals surface area contributed by atoms with E-state index in [1.165, 1.54) is 186 Å². The van der Waals surface area contributed by atoms with E-state index >= 15 is 0 Å². The van der Waals surface area contributed by atoms with Crippen LogP contribution in [0, 0.1) is 0 Å². The molecule has 59 heavy (non-hydrogen) atoms. The van der Waals surface area contributed by atoms with Crippen molar-refractivity contribution in [3.05, 3.63) is 12.2 Å². The van der Waals surface area contributed by atoms with Gasteiger partial charge in [0.25, 0.3) is 0 Å². The van der Waals surface area contributed by atoms with Crippen molar-refractivity contribution in [1.82, 2.24) is 0 Å². The zero-order valence-electron chi connectivity index (χ0n) is 39.8. The molecule has 0 bridgehead atoms. The molecule has 0 rings (SSSR count). The summed E-state index contributed by atoms with van der Waals surface area (Å²) in [6, 6.07) is 0. The number of hydrogen-bond acceptors (Lipinski definition) is 6. The van der Waals surface area contributed by atoms with E-state index in [4.69, 9.17) is 14.2 Å². The Bertz CT molecular complexity index is 916. The summed E-state index contributed by atoms with van der Waals surface area (Å²) in [5.41, 5.74) is 0. The zero-order chi connectivity index (χ0) is 43.0. The van der Waals surface area contributed by atoms with Gasteiger partial charge in [-0.25, -0.2) is 0 Å². The molecule has 0 unspecified atom stereocenters. The third-order valence-electron chi connectivity index (χ3n) is 11.8. The van der Waals surface area contributed by atoms with Gasteiger partial charge in [0.15, 0.2) is 6.10 Å². The SMILES string of the molecule is CCCCCCCC/C=C\CCCCCCCC(=O)O[C@H](COC(=O)CCCCCCCCCCC)COC(=O)CCCCCCCCCCCCCCCCCCC. The molecular weight excluding hydrogens is 733 g/mol. The summed E-state index contributed by atoms with van der Waals surface area (Å²) in [5.74, 6) is -0.863. The highest BCUT2D eigenvalue weighted by Gasteiger charge is 2.19. The monoisotopic (exact) mass is 833 g/mol. The summed E-state index contributed by atoms with van der Waals surface area (Å²) in [4.78, 5) is 37.9. The molecule has 0 aliphatic carbocycles. The smallest absolute Gasteiger partial charge is 0.306 e. The maximum Gasteiger partial charge on any atom is 0.306 e. The highest BCUT2D eigenvalue weighted by atomic mass is 16.6. The van der Waals surface area contributed by atoms with Crippen LogP contribution in [-0.2, 0) is 28.6 Å². The number of carbonyl (C=O) groups excluding carboxylic acids is 3. The second kappa shape index (κ2) is 48.8. The summed E-state index contributed by atoms with van der Waals surface area (Å²) in [6.07, 6.45) is 53.4. The molecular formula is C53H100O6. The Morgan fingerprint density at radius 1 is 0.322 bits per heavy atom. The van der Waals surface area contributed by atoms with Gasteiger partial charge in [0.1, 0.15) is 13.2 Å². The van der Waals surface area contributed by atoms with Crippen molar-refractivity contribution >= 4 is 17.9 Å². The first-order valence-corrected chi connectivity index (χ1v) is 26.2. The van der Waals surface area contributed by atoms with Crippen LogP contribution in [0.3, 0.4) is 0 Å². The number of hydrogen-bond donors (Lipinski definition) is 0. The average molecular weight is 833 g/mol. The second-order valence-electron chi connectivity index (χ2n) is 17.8. The number of allylic oxidation sites excluding steroid dienone is 2. The molecule has 0 amide bonds. The van der Waals surface area contributed by atoms with Crippen LogP contribution in [0.5, 0.6) is 0 Å². The lowest BCUT2D eigenvalue weighted by atomic mass is 10.0. The highest BCUT2D eigenvalue weighted by Crippen LogP contribution is 2.16. The fraction of sp³-hybridized carbons (Fsp3) is 0.906. The number of ether oxygens (including phenoxy) is 3. The molecule has 0 N–H and O–H groups in total. The van der Waals surface area contributed by atoms with E-state index in [9.17, 15) is 14.4 Å². The second-order valence-corrected chi connectivity index (χ2v) is 17.8. The molecule has 6 nitrogen and oxygen atoms in total. The van der Waals surface area contributed by atoms with Crippen molar-refractivity contribution in [2.45, 2.75) is 297 Å². The number of unbranched alkanes of at least 4 members (excludes halogenated alkanes) is 35. The summed E-state index contributed by atoms with van der Waals surface area (Å²) in [5, 5.41) is 0. The number of carbonyl (C=O) groups is 3. The van der Waals surface area contributed by atoms with Crippen LogP contribution in [0.15, 0.2) is 12.2 Å². The van der Waals surface area contributed by atoms with Crippen LogP contribution in [0.4, 0.5) is 0 Å². The van der Waals surface area contributed by atoms with E-state index in [2.05, 4.69) is 32.9 Å². The van der Waals surface area contributed by atoms with Crippen molar-refractivity contribution in [2.75, 3.05) is 13.2 Å². The van der Waals surface area contributed by atoms with Gasteiger partial charge in [0.2, 0.25) is 0 Å². The molecule has 0 aromatic carbocycles. The molecule has 0 fully saturated rings. The molecule has 0 aromatic rings. The van der Waals surface area contributed by atoms with Crippen LogP contribution >= 0.6 is 0 Å². The summed E-state index contributed by atoms with van der Waals surface area (Å²) >= 11 is 0. The highest BCUT2D eigenvalue weighted by molar-refractivity contribution is 5.71. The van der Waals surface area contributed by atoms with Gasteiger partial charge in [-0.15, -0.1) is 0 Å². The Labute approximate surface area is 367 Å². The fourth-order valence-electron chi connectivity index (χ4n) is 7.79. The predicted octanol–water partition coefficient (Wildman–Crippen LogP) is 17.0. The maximum atomic E-state index is 12.8. The van der Waals surface area contributed by atoms with Crippen LogP contribution in [0.25, 0.3) is 0 Å². The molecule has 0 saturated carbocycles. The third kappa shape index (κ3) is 47.1. The Morgan fingerprint density at radius 2 is 0.559 bits per heavy atom. The van der Waals surface area contributed by atoms with Crippen molar-refractivity contribution in [3.8, 4) is 0 Å². The van der Waals surface area contributed by atoms with Gasteiger partial charge < -0.3 is 14.2 Å². The Morgan fingerprint density at radius 3 is 0.847 bits per heavy atom. The largest absolute Gasteiger partial charge is 0.462 e. The fourth-order valence-corrected chi connectivity index (χ4v) is 7.79. The van der Waals surface area contributed by atoms with Crippen LogP contribution in [-0.4, -0.2) is 37.2 Å². The molecule has 0 heterocycles. The molecule has 0 spiro atoms. The van der Waals surface area contributed by atoms with E-state index in [-0.39, 0.29) is 31.1 Å². The zero-order valence-corrected chi connectivity index (χ0v) is 39.8. The normalized spacial score (nSPS) is 12.0. The molecule has 0 radical (unpaired) electrons. The minimum atomic E-state index is -0.766. The first-order valence-electron chi connectivity index (χ1n) is 26.2. The molecule has 0 aliphatic heterocycles. The van der Waals surface area contributed by atoms with Crippen LogP contribution < -0.4 is 0 Å². The van der Waals surface area contributed by atoms with Crippen LogP contribution in [0.1, 0.15) is 290 Å². The molecule has 0 aromatic heterocycles. The van der Waals surface area contributed by atoms with Crippen molar-refractivity contribution in [3.63, 3.8) is 0 Å². The van der Waals surface area contributed by atoms with E-state index in [0.29, 0.717) is 19.3 Å². The third-order valence-corrected chi connectivity index (χ3v) is 11.8. The van der Waals surface area contributed by atoms with Gasteiger partial charge in [-0.2, -0.15) is 0 Å². The van der Waals surface area contributed by atoms with Gasteiger partial charge in [-0.05, 0) is 44.9 Å². The minimum absolute atomic E-state index is 0.0682. The summed E-state index contributed by atoms with van der Waals surface area (Å²) in [6.45, 7) is 6.64. The summed E-state index contributed by atoms with van der Waals surface area (Å²) in [7, 11) is 0. The Balaban J connectivity index is 4.27. The van der Waals surface area contributed by atoms with E-state index in [0.717, 1.165) is 64.2 Å². The Kier molecular flexibility index (Phi) is 47.3. The first-order chi connectivity index (χ1) is 29.0. The van der Waals surface area contributed by atoms with E-state index in [1.807, 2.05) is 0 Å². The lowest BCUT2D eigenvalue weighted by Gasteiger charge is -2.18. The van der Waals surface area contributed by atoms with Gasteiger partial charge in [0, 0.05) is 19.3 Å². The molecule has 6 heteroatoms. The average Bonchev–Trinajstić information content (AvgIpc) is 3.23. The quantitative estimate of drug-likeness (QED) is 0.0263. The van der Waals surface area contributed by atoms with Crippen molar-refractivity contribution in [2.24, 2.45) is 0 Å². The predicted molar refractivity (Wildman–Crippen MR) is 252 cm³/mol. The van der Waals surface area contributed by atoms with E-state index in [1.54, 1.807) is 0 Å². The van der Waals surface area contributed by atoms with Gasteiger partial charge in [-0.3, -0.25) is 14.4 Å². The molecule has 0 saturated heterocycles. The lowest BCUT2D eigenvalue weighted by Crippen LogP contribution is -2.30. The maximum absolute atomic E-state index is 12.8.